The zero-order valence-electron chi connectivity index (χ0n) is 11.6. The molecule has 2 aliphatic carbocycles. The topological polar surface area (TPSA) is 63.4 Å². The van der Waals surface area contributed by atoms with Gasteiger partial charge in [-0.2, -0.15) is 4.31 Å². The molecule has 0 spiro atoms. The number of hydrogen-bond donors (Lipinski definition) is 1. The van der Waals surface area contributed by atoms with Gasteiger partial charge in [-0.1, -0.05) is 0 Å². The molecule has 0 aromatic heterocycles. The molecule has 1 aromatic rings. The summed E-state index contributed by atoms with van der Waals surface area (Å²) in [7, 11) is -3.51. The van der Waals surface area contributed by atoms with Crippen molar-refractivity contribution in [1.29, 1.82) is 0 Å². The standard InChI is InChI=1S/C14H18Br2N2O2S/c15-12-5-11(17)6-13(16)14(12)21(19,20)18(7-9-1-2-9)8-10-3-4-10/h5-6,9-10H,1-4,7-8,17H2. The van der Waals surface area contributed by atoms with Crippen LogP contribution in [0.1, 0.15) is 25.7 Å². The first-order valence-electron chi connectivity index (χ1n) is 7.12. The third-order valence-electron chi connectivity index (χ3n) is 3.94. The largest absolute Gasteiger partial charge is 0.399 e. The molecule has 0 atom stereocenters. The summed E-state index contributed by atoms with van der Waals surface area (Å²) >= 11 is 6.70. The van der Waals surface area contributed by atoms with Gasteiger partial charge in [0.2, 0.25) is 10.0 Å². The highest BCUT2D eigenvalue weighted by Crippen LogP contribution is 2.39. The normalized spacial score (nSPS) is 19.2. The quantitative estimate of drug-likeness (QED) is 0.691. The fraction of sp³-hybridized carbons (Fsp3) is 0.571. The van der Waals surface area contributed by atoms with Crippen molar-refractivity contribution in [3.63, 3.8) is 0 Å². The molecule has 21 heavy (non-hydrogen) atoms. The van der Waals surface area contributed by atoms with Gasteiger partial charge in [-0.25, -0.2) is 8.42 Å². The van der Waals surface area contributed by atoms with Gasteiger partial charge >= 0.3 is 0 Å². The van der Waals surface area contributed by atoms with Crippen LogP contribution in [0.25, 0.3) is 0 Å². The molecule has 0 heterocycles. The Hall–Kier alpha value is -0.110. The summed E-state index contributed by atoms with van der Waals surface area (Å²) < 4.78 is 28.8. The Kier molecular flexibility index (Phi) is 4.38. The number of sulfonamides is 1. The lowest BCUT2D eigenvalue weighted by atomic mass is 10.3. The number of rotatable bonds is 6. The van der Waals surface area contributed by atoms with Crippen LogP contribution in [0.15, 0.2) is 26.0 Å². The van der Waals surface area contributed by atoms with Gasteiger partial charge in [0.1, 0.15) is 4.90 Å². The van der Waals surface area contributed by atoms with E-state index in [1.165, 1.54) is 0 Å². The van der Waals surface area contributed by atoms with Crippen LogP contribution in [-0.2, 0) is 10.0 Å². The smallest absolute Gasteiger partial charge is 0.245 e. The SMILES string of the molecule is Nc1cc(Br)c(S(=O)(=O)N(CC2CC2)CC2CC2)c(Br)c1. The first-order valence-corrected chi connectivity index (χ1v) is 10.1. The molecule has 2 fully saturated rings. The van der Waals surface area contributed by atoms with Gasteiger partial charge in [-0.15, -0.1) is 0 Å². The average Bonchev–Trinajstić information content (AvgIpc) is 3.20. The van der Waals surface area contributed by atoms with Gasteiger partial charge in [-0.3, -0.25) is 0 Å². The van der Waals surface area contributed by atoms with E-state index < -0.39 is 10.0 Å². The average molecular weight is 438 g/mol. The fourth-order valence-electron chi connectivity index (χ4n) is 2.40. The molecule has 0 bridgehead atoms. The van der Waals surface area contributed by atoms with E-state index >= 15 is 0 Å². The molecule has 0 radical (unpaired) electrons. The molecular formula is C14H18Br2N2O2S. The lowest BCUT2D eigenvalue weighted by Crippen LogP contribution is -2.35. The predicted molar refractivity (Wildman–Crippen MR) is 90.5 cm³/mol. The van der Waals surface area contributed by atoms with Crippen molar-refractivity contribution in [3.05, 3.63) is 21.1 Å². The van der Waals surface area contributed by atoms with Gasteiger partial charge in [0.25, 0.3) is 0 Å². The third kappa shape index (κ3) is 3.63. The van der Waals surface area contributed by atoms with Crippen molar-refractivity contribution in [2.24, 2.45) is 11.8 Å². The van der Waals surface area contributed by atoms with Crippen molar-refractivity contribution >= 4 is 47.6 Å². The van der Waals surface area contributed by atoms with Crippen LogP contribution in [-0.4, -0.2) is 25.8 Å². The molecule has 116 valence electrons. The summed E-state index contributed by atoms with van der Waals surface area (Å²) in [6, 6.07) is 3.29. The molecule has 2 N–H and O–H groups in total. The summed E-state index contributed by atoms with van der Waals surface area (Å²) in [6.45, 7) is 1.28. The van der Waals surface area contributed by atoms with E-state index in [-0.39, 0.29) is 4.90 Å². The van der Waals surface area contributed by atoms with Crippen LogP contribution in [0.5, 0.6) is 0 Å². The van der Waals surface area contributed by atoms with Crippen LogP contribution in [0.3, 0.4) is 0 Å². The van der Waals surface area contributed by atoms with E-state index in [1.54, 1.807) is 16.4 Å². The predicted octanol–water partition coefficient (Wildman–Crippen LogP) is 3.60. The first kappa shape index (κ1) is 15.8. The number of nitrogen functional groups attached to an aromatic ring is 1. The van der Waals surface area contributed by atoms with E-state index in [0.717, 1.165) is 25.7 Å². The van der Waals surface area contributed by atoms with E-state index in [1.807, 2.05) is 0 Å². The zero-order valence-corrected chi connectivity index (χ0v) is 15.5. The molecule has 7 heteroatoms. The zero-order chi connectivity index (χ0) is 15.2. The molecule has 2 saturated carbocycles. The highest BCUT2D eigenvalue weighted by molar-refractivity contribution is 9.11. The monoisotopic (exact) mass is 436 g/mol. The molecule has 2 aliphatic rings. The summed E-state index contributed by atoms with van der Waals surface area (Å²) in [4.78, 5) is 0.290. The Morgan fingerprint density at radius 3 is 1.86 bits per heavy atom. The Labute approximate surface area is 142 Å². The van der Waals surface area contributed by atoms with Crippen molar-refractivity contribution < 1.29 is 8.42 Å². The number of halogens is 2. The van der Waals surface area contributed by atoms with E-state index in [0.29, 0.717) is 39.6 Å². The molecular weight excluding hydrogens is 420 g/mol. The number of benzene rings is 1. The number of nitrogens with zero attached hydrogens (tertiary/aromatic N) is 1. The van der Waals surface area contributed by atoms with Gasteiger partial charge in [-0.05, 0) is 81.5 Å². The maximum atomic E-state index is 13.0. The van der Waals surface area contributed by atoms with Gasteiger partial charge in [0, 0.05) is 27.7 Å². The maximum Gasteiger partial charge on any atom is 0.245 e. The van der Waals surface area contributed by atoms with Crippen molar-refractivity contribution in [1.82, 2.24) is 4.31 Å². The van der Waals surface area contributed by atoms with Crippen LogP contribution < -0.4 is 5.73 Å². The van der Waals surface area contributed by atoms with Crippen LogP contribution in [0, 0.1) is 11.8 Å². The van der Waals surface area contributed by atoms with Crippen molar-refractivity contribution in [2.45, 2.75) is 30.6 Å². The molecule has 1 aromatic carbocycles. The summed E-state index contributed by atoms with van der Waals surface area (Å²) in [5, 5.41) is 0. The third-order valence-corrected chi connectivity index (χ3v) is 7.65. The molecule has 4 nitrogen and oxygen atoms in total. The molecule has 0 aliphatic heterocycles. The van der Waals surface area contributed by atoms with Gasteiger partial charge < -0.3 is 5.73 Å². The van der Waals surface area contributed by atoms with E-state index in [9.17, 15) is 8.42 Å². The highest BCUT2D eigenvalue weighted by atomic mass is 79.9. The number of anilines is 1. The van der Waals surface area contributed by atoms with Gasteiger partial charge in [0.15, 0.2) is 0 Å². The second-order valence-electron chi connectivity index (χ2n) is 6.02. The Morgan fingerprint density at radius 2 is 1.48 bits per heavy atom. The summed E-state index contributed by atoms with van der Waals surface area (Å²) in [5.74, 6) is 1.06. The summed E-state index contributed by atoms with van der Waals surface area (Å²) in [6.07, 6.45) is 4.56. The molecule has 0 amide bonds. The van der Waals surface area contributed by atoms with Crippen molar-refractivity contribution in [3.8, 4) is 0 Å². The Morgan fingerprint density at radius 1 is 1.05 bits per heavy atom. The Bertz CT molecular complexity index is 618. The first-order chi connectivity index (χ1) is 9.88. The van der Waals surface area contributed by atoms with E-state index in [4.69, 9.17) is 5.73 Å². The number of nitrogens with two attached hydrogens (primary N) is 1. The van der Waals surface area contributed by atoms with Crippen LogP contribution >= 0.6 is 31.9 Å². The van der Waals surface area contributed by atoms with Crippen molar-refractivity contribution in [2.75, 3.05) is 18.8 Å². The van der Waals surface area contributed by atoms with Gasteiger partial charge in [0.05, 0.1) is 0 Å². The minimum Gasteiger partial charge on any atom is -0.399 e. The second-order valence-corrected chi connectivity index (χ2v) is 9.61. The minimum absolute atomic E-state index is 0.290. The molecule has 3 rings (SSSR count). The minimum atomic E-state index is -3.51. The van der Waals surface area contributed by atoms with Crippen LogP contribution in [0.4, 0.5) is 5.69 Å². The molecule has 0 unspecified atom stereocenters. The Balaban J connectivity index is 1.95. The highest BCUT2D eigenvalue weighted by Gasteiger charge is 2.37. The maximum absolute atomic E-state index is 13.0. The summed E-state index contributed by atoms with van der Waals surface area (Å²) in [5.41, 5.74) is 6.29. The lowest BCUT2D eigenvalue weighted by Gasteiger charge is -2.23. The lowest BCUT2D eigenvalue weighted by molar-refractivity contribution is 0.382. The van der Waals surface area contributed by atoms with Crippen LogP contribution in [0.2, 0.25) is 0 Å². The number of hydrogen-bond acceptors (Lipinski definition) is 3. The fourth-order valence-corrected chi connectivity index (χ4v) is 6.53. The second kappa shape index (κ2) is 5.83. The van der Waals surface area contributed by atoms with E-state index in [2.05, 4.69) is 31.9 Å². The molecule has 0 saturated heterocycles.